The molecule has 2 atom stereocenters. The summed E-state index contributed by atoms with van der Waals surface area (Å²) in [6, 6.07) is 14.4. The van der Waals surface area contributed by atoms with Gasteiger partial charge in [-0.2, -0.15) is 0 Å². The van der Waals surface area contributed by atoms with E-state index >= 15 is 0 Å². The van der Waals surface area contributed by atoms with Crippen molar-refractivity contribution in [3.8, 4) is 0 Å². The van der Waals surface area contributed by atoms with Gasteiger partial charge in [-0.25, -0.2) is 0 Å². The number of methoxy groups -OCH3 is 2. The third-order valence-electron chi connectivity index (χ3n) is 4.81. The molecular formula is C22H23BrO5. The lowest BCUT2D eigenvalue weighted by Gasteiger charge is -2.28. The van der Waals surface area contributed by atoms with Crippen LogP contribution in [0.2, 0.25) is 0 Å². The van der Waals surface area contributed by atoms with Gasteiger partial charge in [0, 0.05) is 21.9 Å². The fourth-order valence-corrected chi connectivity index (χ4v) is 3.51. The van der Waals surface area contributed by atoms with Crippen LogP contribution < -0.4 is 0 Å². The highest BCUT2D eigenvalue weighted by Gasteiger charge is 2.43. The molecule has 0 spiro atoms. The van der Waals surface area contributed by atoms with Gasteiger partial charge in [-0.3, -0.25) is 14.4 Å². The molecule has 148 valence electrons. The number of carbonyl (C=O) groups excluding carboxylic acids is 3. The molecule has 0 saturated heterocycles. The number of benzene rings is 2. The van der Waals surface area contributed by atoms with Crippen LogP contribution in [0.4, 0.5) is 0 Å². The Morgan fingerprint density at radius 2 is 1.36 bits per heavy atom. The minimum absolute atomic E-state index is 0.161. The smallest absolute Gasteiger partial charge is 0.320 e. The molecule has 2 aromatic carbocycles. The van der Waals surface area contributed by atoms with Crippen LogP contribution in [-0.4, -0.2) is 31.9 Å². The molecule has 0 saturated carbocycles. The number of Topliss-reactive ketones (excluding diaryl/α,β-unsaturated/α-hetero) is 1. The van der Waals surface area contributed by atoms with Crippen LogP contribution in [0.3, 0.4) is 0 Å². The van der Waals surface area contributed by atoms with Gasteiger partial charge in [-0.1, -0.05) is 64.8 Å². The molecule has 6 heteroatoms. The third kappa shape index (κ3) is 4.87. The van der Waals surface area contributed by atoms with E-state index < -0.39 is 29.7 Å². The molecule has 0 bridgehead atoms. The summed E-state index contributed by atoms with van der Waals surface area (Å²) in [5.41, 5.74) is 2.24. The summed E-state index contributed by atoms with van der Waals surface area (Å²) in [4.78, 5) is 38.1. The first-order valence-electron chi connectivity index (χ1n) is 8.82. The minimum Gasteiger partial charge on any atom is -0.468 e. The molecule has 2 aromatic rings. The van der Waals surface area contributed by atoms with Crippen molar-refractivity contribution in [2.45, 2.75) is 19.8 Å². The second kappa shape index (κ2) is 9.64. The number of aryl methyl sites for hydroxylation is 1. The van der Waals surface area contributed by atoms with Crippen LogP contribution in [0.1, 0.15) is 34.3 Å². The molecule has 2 rings (SSSR count). The van der Waals surface area contributed by atoms with Gasteiger partial charge in [-0.05, 0) is 24.6 Å². The first-order chi connectivity index (χ1) is 13.3. The summed E-state index contributed by atoms with van der Waals surface area (Å²) in [5.74, 6) is -4.27. The topological polar surface area (TPSA) is 69.7 Å². The van der Waals surface area contributed by atoms with Gasteiger partial charge < -0.3 is 9.47 Å². The first-order valence-corrected chi connectivity index (χ1v) is 9.61. The van der Waals surface area contributed by atoms with E-state index in [0.29, 0.717) is 11.1 Å². The van der Waals surface area contributed by atoms with Crippen LogP contribution in [0.5, 0.6) is 0 Å². The van der Waals surface area contributed by atoms with Crippen molar-refractivity contribution in [2.75, 3.05) is 14.2 Å². The largest absolute Gasteiger partial charge is 0.468 e. The van der Waals surface area contributed by atoms with E-state index in [9.17, 15) is 14.4 Å². The fraction of sp³-hybridized carbons (Fsp3) is 0.318. The molecule has 0 heterocycles. The molecule has 0 aliphatic heterocycles. The molecule has 2 unspecified atom stereocenters. The van der Waals surface area contributed by atoms with E-state index in [1.807, 2.05) is 19.1 Å². The lowest BCUT2D eigenvalue weighted by atomic mass is 9.74. The summed E-state index contributed by atoms with van der Waals surface area (Å²) in [7, 11) is 2.42. The van der Waals surface area contributed by atoms with E-state index in [1.54, 1.807) is 43.3 Å². The van der Waals surface area contributed by atoms with Crippen LogP contribution in [0.25, 0.3) is 0 Å². The van der Waals surface area contributed by atoms with E-state index in [2.05, 4.69) is 15.9 Å². The summed E-state index contributed by atoms with van der Waals surface area (Å²) < 4.78 is 10.6. The number of ether oxygens (including phenoxy) is 2. The first kappa shape index (κ1) is 21.8. The SMILES string of the molecule is COC(=O)C(C(=O)OC)C(c1ccc(Br)cc1)C(C)C(=O)c1ccc(C)cc1. The summed E-state index contributed by atoms with van der Waals surface area (Å²) in [6.45, 7) is 3.65. The molecule has 5 nitrogen and oxygen atoms in total. The standard InChI is InChI=1S/C22H23BrO5/c1-13-5-7-16(8-6-13)20(24)14(2)18(15-9-11-17(23)12-10-15)19(21(25)27-3)22(26)28-4/h5-12,14,18-19H,1-4H3. The average Bonchev–Trinajstić information content (AvgIpc) is 2.71. The highest BCUT2D eigenvalue weighted by atomic mass is 79.9. The van der Waals surface area contributed by atoms with Crippen LogP contribution in [-0.2, 0) is 19.1 Å². The van der Waals surface area contributed by atoms with Crippen molar-refractivity contribution in [3.05, 3.63) is 69.7 Å². The molecule has 0 aliphatic carbocycles. The Bertz CT molecular complexity index is 826. The summed E-state index contributed by atoms with van der Waals surface area (Å²) in [6.07, 6.45) is 0. The number of esters is 2. The zero-order chi connectivity index (χ0) is 20.8. The van der Waals surface area contributed by atoms with Gasteiger partial charge in [0.1, 0.15) is 0 Å². The number of halogens is 1. The van der Waals surface area contributed by atoms with E-state index in [0.717, 1.165) is 10.0 Å². The zero-order valence-corrected chi connectivity index (χ0v) is 17.9. The van der Waals surface area contributed by atoms with Crippen molar-refractivity contribution in [1.82, 2.24) is 0 Å². The normalized spacial score (nSPS) is 12.9. The number of rotatable bonds is 7. The highest BCUT2D eigenvalue weighted by Crippen LogP contribution is 2.36. The number of carbonyl (C=O) groups is 3. The second-order valence-corrected chi connectivity index (χ2v) is 7.54. The maximum Gasteiger partial charge on any atom is 0.320 e. The number of hydrogen-bond acceptors (Lipinski definition) is 5. The van der Waals surface area contributed by atoms with Crippen molar-refractivity contribution >= 4 is 33.7 Å². The van der Waals surface area contributed by atoms with Gasteiger partial charge in [0.15, 0.2) is 11.7 Å². The van der Waals surface area contributed by atoms with E-state index in [4.69, 9.17) is 9.47 Å². The monoisotopic (exact) mass is 446 g/mol. The Morgan fingerprint density at radius 1 is 0.857 bits per heavy atom. The van der Waals surface area contributed by atoms with Gasteiger partial charge >= 0.3 is 11.9 Å². The van der Waals surface area contributed by atoms with E-state index in [1.165, 1.54) is 14.2 Å². The van der Waals surface area contributed by atoms with Crippen molar-refractivity contribution in [2.24, 2.45) is 11.8 Å². The average molecular weight is 447 g/mol. The van der Waals surface area contributed by atoms with Gasteiger partial charge in [-0.15, -0.1) is 0 Å². The molecule has 0 amide bonds. The Morgan fingerprint density at radius 3 is 1.82 bits per heavy atom. The predicted molar refractivity (Wildman–Crippen MR) is 109 cm³/mol. The molecule has 0 aliphatic rings. The van der Waals surface area contributed by atoms with Crippen molar-refractivity contribution in [3.63, 3.8) is 0 Å². The van der Waals surface area contributed by atoms with Crippen LogP contribution in [0.15, 0.2) is 53.0 Å². The van der Waals surface area contributed by atoms with Crippen LogP contribution >= 0.6 is 15.9 Å². The molecular weight excluding hydrogens is 424 g/mol. The number of hydrogen-bond donors (Lipinski definition) is 0. The lowest BCUT2D eigenvalue weighted by molar-refractivity contribution is -0.160. The molecule has 0 aromatic heterocycles. The third-order valence-corrected chi connectivity index (χ3v) is 5.34. The Kier molecular flexibility index (Phi) is 7.52. The maximum atomic E-state index is 13.2. The summed E-state index contributed by atoms with van der Waals surface area (Å²) in [5, 5.41) is 0. The van der Waals surface area contributed by atoms with Gasteiger partial charge in [0.25, 0.3) is 0 Å². The minimum atomic E-state index is -1.25. The quantitative estimate of drug-likeness (QED) is 0.359. The number of ketones is 1. The summed E-state index contributed by atoms with van der Waals surface area (Å²) >= 11 is 3.38. The predicted octanol–water partition coefficient (Wildman–Crippen LogP) is 4.32. The Hall–Kier alpha value is -2.47. The Balaban J connectivity index is 2.53. The van der Waals surface area contributed by atoms with Crippen LogP contribution in [0, 0.1) is 18.8 Å². The maximum absolute atomic E-state index is 13.2. The van der Waals surface area contributed by atoms with Gasteiger partial charge in [0.05, 0.1) is 14.2 Å². The van der Waals surface area contributed by atoms with Crippen molar-refractivity contribution in [1.29, 1.82) is 0 Å². The Labute approximate surface area is 173 Å². The molecule has 0 N–H and O–H groups in total. The zero-order valence-electron chi connectivity index (χ0n) is 16.3. The molecule has 28 heavy (non-hydrogen) atoms. The van der Waals surface area contributed by atoms with Gasteiger partial charge in [0.2, 0.25) is 0 Å². The second-order valence-electron chi connectivity index (χ2n) is 6.62. The fourth-order valence-electron chi connectivity index (χ4n) is 3.24. The van der Waals surface area contributed by atoms with Crippen molar-refractivity contribution < 1.29 is 23.9 Å². The molecule has 0 fully saturated rings. The lowest BCUT2D eigenvalue weighted by Crippen LogP contribution is -2.37. The highest BCUT2D eigenvalue weighted by molar-refractivity contribution is 9.10. The molecule has 0 radical (unpaired) electrons. The van der Waals surface area contributed by atoms with E-state index in [-0.39, 0.29) is 5.78 Å².